The molecule has 0 bridgehead atoms. The van der Waals surface area contributed by atoms with Crippen LogP contribution < -0.4 is 14.8 Å². The number of benzene rings is 3. The van der Waals surface area contributed by atoms with Gasteiger partial charge in [0, 0.05) is 0 Å². The van der Waals surface area contributed by atoms with Crippen molar-refractivity contribution in [3.8, 4) is 5.75 Å². The van der Waals surface area contributed by atoms with Crippen LogP contribution in [0, 0.1) is 6.92 Å². The number of carbonyl (C=O) groups excluding carboxylic acids is 1. The highest BCUT2D eigenvalue weighted by molar-refractivity contribution is 7.92. The van der Waals surface area contributed by atoms with Gasteiger partial charge in [-0.15, -0.1) is 0 Å². The maximum absolute atomic E-state index is 12.9. The van der Waals surface area contributed by atoms with Crippen LogP contribution in [0.15, 0.2) is 71.6 Å². The Morgan fingerprint density at radius 2 is 1.77 bits per heavy atom. The molecule has 7 nitrogen and oxygen atoms in total. The Labute approximate surface area is 183 Å². The van der Waals surface area contributed by atoms with Gasteiger partial charge >= 0.3 is 0 Å². The van der Waals surface area contributed by atoms with Gasteiger partial charge in [-0.1, -0.05) is 29.5 Å². The Morgan fingerprint density at radius 1 is 1.03 bits per heavy atom. The summed E-state index contributed by atoms with van der Waals surface area (Å²) in [6, 6.07) is 18.3. The number of aromatic nitrogens is 1. The SMILES string of the molecule is COc1ccc(S(=O)(=O)Nc2ccccc2C(=O)Nc2nc3ccc(C)cc3s2)cc1. The van der Waals surface area contributed by atoms with Crippen molar-refractivity contribution in [3.05, 3.63) is 77.9 Å². The first-order chi connectivity index (χ1) is 14.9. The average molecular weight is 454 g/mol. The number of rotatable bonds is 6. The molecule has 4 rings (SSSR count). The smallest absolute Gasteiger partial charge is 0.261 e. The van der Waals surface area contributed by atoms with Gasteiger partial charge in [0.15, 0.2) is 5.13 Å². The zero-order valence-corrected chi connectivity index (χ0v) is 18.4. The van der Waals surface area contributed by atoms with Crippen molar-refractivity contribution in [1.82, 2.24) is 4.98 Å². The lowest BCUT2D eigenvalue weighted by Gasteiger charge is -2.12. The Balaban J connectivity index is 1.59. The van der Waals surface area contributed by atoms with Crippen LogP contribution in [0.5, 0.6) is 5.75 Å². The third-order valence-electron chi connectivity index (χ3n) is 4.55. The number of carbonyl (C=O) groups is 1. The molecule has 0 saturated heterocycles. The molecule has 0 spiro atoms. The number of sulfonamides is 1. The first-order valence-corrected chi connectivity index (χ1v) is 11.6. The summed E-state index contributed by atoms with van der Waals surface area (Å²) in [4.78, 5) is 17.4. The highest BCUT2D eigenvalue weighted by atomic mass is 32.2. The van der Waals surface area contributed by atoms with Crippen LogP contribution in [0.3, 0.4) is 0 Å². The number of anilines is 2. The van der Waals surface area contributed by atoms with Gasteiger partial charge in [0.2, 0.25) is 0 Å². The molecule has 2 N–H and O–H groups in total. The normalized spacial score (nSPS) is 11.3. The molecule has 0 aliphatic carbocycles. The van der Waals surface area contributed by atoms with Gasteiger partial charge in [-0.2, -0.15) is 0 Å². The molecule has 0 atom stereocenters. The van der Waals surface area contributed by atoms with E-state index in [-0.39, 0.29) is 16.1 Å². The molecule has 1 amide bonds. The van der Waals surface area contributed by atoms with E-state index in [9.17, 15) is 13.2 Å². The van der Waals surface area contributed by atoms with Crippen molar-refractivity contribution in [2.24, 2.45) is 0 Å². The number of hydrogen-bond acceptors (Lipinski definition) is 6. The zero-order valence-electron chi connectivity index (χ0n) is 16.7. The minimum atomic E-state index is -3.89. The second-order valence-corrected chi connectivity index (χ2v) is 9.48. The third-order valence-corrected chi connectivity index (χ3v) is 6.87. The molecular formula is C22H19N3O4S2. The number of nitrogens with one attached hydrogen (secondary N) is 2. The summed E-state index contributed by atoms with van der Waals surface area (Å²) < 4.78 is 34.1. The van der Waals surface area contributed by atoms with Gasteiger partial charge in [0.1, 0.15) is 5.75 Å². The van der Waals surface area contributed by atoms with Crippen molar-refractivity contribution in [3.63, 3.8) is 0 Å². The molecule has 0 aliphatic rings. The number of hydrogen-bond donors (Lipinski definition) is 2. The summed E-state index contributed by atoms with van der Waals surface area (Å²) in [6.45, 7) is 1.99. The molecule has 3 aromatic carbocycles. The van der Waals surface area contributed by atoms with Crippen LogP contribution in [0.1, 0.15) is 15.9 Å². The molecule has 158 valence electrons. The Hall–Kier alpha value is -3.43. The van der Waals surface area contributed by atoms with Crippen molar-refractivity contribution in [1.29, 1.82) is 0 Å². The van der Waals surface area contributed by atoms with E-state index < -0.39 is 15.9 Å². The number of nitrogens with zero attached hydrogens (tertiary/aromatic N) is 1. The lowest BCUT2D eigenvalue weighted by atomic mass is 10.2. The summed E-state index contributed by atoms with van der Waals surface area (Å²) in [7, 11) is -2.39. The van der Waals surface area contributed by atoms with Crippen molar-refractivity contribution in [2.45, 2.75) is 11.8 Å². The standard InChI is InChI=1S/C22H19N3O4S2/c1-14-7-12-19-20(13-14)30-22(23-19)24-21(26)17-5-3-4-6-18(17)25-31(27,28)16-10-8-15(29-2)9-11-16/h3-13,25H,1-2H3,(H,23,24,26). The van der Waals surface area contributed by atoms with Crippen molar-refractivity contribution < 1.29 is 17.9 Å². The fourth-order valence-electron chi connectivity index (χ4n) is 2.98. The number of amides is 1. The monoisotopic (exact) mass is 453 g/mol. The highest BCUT2D eigenvalue weighted by Gasteiger charge is 2.19. The second kappa shape index (κ2) is 8.37. The molecule has 1 heterocycles. The number of ether oxygens (including phenoxy) is 1. The van der Waals surface area contributed by atoms with Gasteiger partial charge in [-0.3, -0.25) is 14.8 Å². The summed E-state index contributed by atoms with van der Waals surface area (Å²) in [5.41, 5.74) is 2.26. The van der Waals surface area contributed by atoms with Crippen LogP contribution in [0.2, 0.25) is 0 Å². The minimum absolute atomic E-state index is 0.0602. The zero-order chi connectivity index (χ0) is 22.0. The Kier molecular flexibility index (Phi) is 5.62. The molecule has 1 aromatic heterocycles. The van der Waals surface area contributed by atoms with Gasteiger partial charge in [0.05, 0.1) is 33.5 Å². The summed E-state index contributed by atoms with van der Waals surface area (Å²) in [5.74, 6) is 0.0913. The largest absolute Gasteiger partial charge is 0.497 e. The van der Waals surface area contributed by atoms with Gasteiger partial charge in [-0.25, -0.2) is 13.4 Å². The topological polar surface area (TPSA) is 97.4 Å². The fourth-order valence-corrected chi connectivity index (χ4v) is 5.02. The lowest BCUT2D eigenvalue weighted by molar-refractivity contribution is 0.102. The van der Waals surface area contributed by atoms with E-state index in [1.165, 1.54) is 36.6 Å². The molecule has 0 fully saturated rings. The van der Waals surface area contributed by atoms with E-state index in [4.69, 9.17) is 4.74 Å². The minimum Gasteiger partial charge on any atom is -0.497 e. The maximum atomic E-state index is 12.9. The van der Waals surface area contributed by atoms with Gasteiger partial charge in [0.25, 0.3) is 15.9 Å². The summed E-state index contributed by atoms with van der Waals surface area (Å²) >= 11 is 1.36. The van der Waals surface area contributed by atoms with Crippen molar-refractivity contribution in [2.75, 3.05) is 17.1 Å². The molecule has 0 saturated carbocycles. The number of aryl methyl sites for hydroxylation is 1. The van der Waals surface area contributed by atoms with Gasteiger partial charge in [-0.05, 0) is 61.0 Å². The quantitative estimate of drug-likeness (QED) is 0.442. The van der Waals surface area contributed by atoms with E-state index in [1.54, 1.807) is 30.3 Å². The molecule has 0 aliphatic heterocycles. The molecule has 0 unspecified atom stereocenters. The molecular weight excluding hydrogens is 434 g/mol. The van der Waals surface area contributed by atoms with Crippen LogP contribution in [0.4, 0.5) is 10.8 Å². The predicted molar refractivity (Wildman–Crippen MR) is 123 cm³/mol. The molecule has 0 radical (unpaired) electrons. The first kappa shape index (κ1) is 20.8. The average Bonchev–Trinajstić information content (AvgIpc) is 3.15. The fraction of sp³-hybridized carbons (Fsp3) is 0.0909. The summed E-state index contributed by atoms with van der Waals surface area (Å²) in [6.07, 6.45) is 0. The predicted octanol–water partition coefficient (Wildman–Crippen LogP) is 4.67. The Morgan fingerprint density at radius 3 is 2.52 bits per heavy atom. The Bertz CT molecular complexity index is 1360. The van der Waals surface area contributed by atoms with E-state index in [0.29, 0.717) is 10.9 Å². The third kappa shape index (κ3) is 4.52. The van der Waals surface area contributed by atoms with Crippen molar-refractivity contribution >= 4 is 48.3 Å². The lowest BCUT2D eigenvalue weighted by Crippen LogP contribution is -2.18. The summed E-state index contributed by atoms with van der Waals surface area (Å²) in [5, 5.41) is 3.21. The van der Waals surface area contributed by atoms with Crippen LogP contribution in [0.25, 0.3) is 10.2 Å². The van der Waals surface area contributed by atoms with Crippen LogP contribution in [-0.4, -0.2) is 26.4 Å². The first-order valence-electron chi connectivity index (χ1n) is 9.30. The number of thiazole rings is 1. The van der Waals surface area contributed by atoms with E-state index in [1.807, 2.05) is 25.1 Å². The number of methoxy groups -OCH3 is 1. The van der Waals surface area contributed by atoms with E-state index >= 15 is 0 Å². The molecule has 9 heteroatoms. The van der Waals surface area contributed by atoms with E-state index in [2.05, 4.69) is 15.0 Å². The maximum Gasteiger partial charge on any atom is 0.261 e. The van der Waals surface area contributed by atoms with E-state index in [0.717, 1.165) is 15.8 Å². The molecule has 4 aromatic rings. The molecule has 31 heavy (non-hydrogen) atoms. The highest BCUT2D eigenvalue weighted by Crippen LogP contribution is 2.28. The van der Waals surface area contributed by atoms with Crippen LogP contribution >= 0.6 is 11.3 Å². The number of para-hydroxylation sites is 1. The number of fused-ring (bicyclic) bond motifs is 1. The van der Waals surface area contributed by atoms with Gasteiger partial charge < -0.3 is 4.74 Å². The van der Waals surface area contributed by atoms with Crippen LogP contribution in [-0.2, 0) is 10.0 Å². The second-order valence-electron chi connectivity index (χ2n) is 6.77.